The van der Waals surface area contributed by atoms with E-state index in [1.807, 2.05) is 4.90 Å². The molecule has 6 nitrogen and oxygen atoms in total. The molecular weight excluding hydrogens is 450 g/mol. The van der Waals surface area contributed by atoms with Crippen molar-refractivity contribution in [2.24, 2.45) is 5.73 Å². The zero-order chi connectivity index (χ0) is 23.0. The predicted molar refractivity (Wildman–Crippen MR) is 108 cm³/mol. The van der Waals surface area contributed by atoms with E-state index in [0.29, 0.717) is 29.8 Å². The monoisotopic (exact) mass is 465 g/mol. The fourth-order valence-electron chi connectivity index (χ4n) is 3.68. The number of hydrogen-bond acceptors (Lipinski definition) is 5. The van der Waals surface area contributed by atoms with Crippen LogP contribution in [0.4, 0.5) is 17.6 Å². The molecule has 0 fully saturated rings. The van der Waals surface area contributed by atoms with E-state index in [0.717, 1.165) is 6.20 Å². The van der Waals surface area contributed by atoms with Crippen LogP contribution in [0.2, 0.25) is 5.02 Å². The Morgan fingerprint density at radius 2 is 2.00 bits per heavy atom. The Labute approximate surface area is 185 Å². The standard InChI is InChI=1S/C21H16ClF4N5O/c22-14-2-1-3-15(23)18(14)13-8-16(19(27)32)30-17-10-31(7-5-12(13)17)9-11-4-6-28-20(29-11)21(24,25)26/h1-4,6,8H,5,7,9-10H2,(H2,27,32). The maximum Gasteiger partial charge on any atom is 0.451 e. The Morgan fingerprint density at radius 1 is 1.22 bits per heavy atom. The molecule has 11 heteroatoms. The van der Waals surface area contributed by atoms with Crippen LogP contribution in [0, 0.1) is 5.82 Å². The number of benzene rings is 1. The molecule has 0 saturated carbocycles. The van der Waals surface area contributed by atoms with Gasteiger partial charge in [0.15, 0.2) is 0 Å². The van der Waals surface area contributed by atoms with Crippen LogP contribution in [0.1, 0.15) is 33.3 Å². The fraction of sp³-hybridized carbons (Fsp3) is 0.238. The van der Waals surface area contributed by atoms with Gasteiger partial charge in [-0.15, -0.1) is 0 Å². The minimum Gasteiger partial charge on any atom is -0.364 e. The number of alkyl halides is 3. The molecule has 0 bridgehead atoms. The third-order valence-electron chi connectivity index (χ3n) is 5.10. The summed E-state index contributed by atoms with van der Waals surface area (Å²) < 4.78 is 53.3. The molecule has 32 heavy (non-hydrogen) atoms. The van der Waals surface area contributed by atoms with Gasteiger partial charge in [-0.3, -0.25) is 9.69 Å². The summed E-state index contributed by atoms with van der Waals surface area (Å²) in [5, 5.41) is 0.178. The molecule has 2 N–H and O–H groups in total. The van der Waals surface area contributed by atoms with Gasteiger partial charge < -0.3 is 5.73 Å². The zero-order valence-corrected chi connectivity index (χ0v) is 17.2. The lowest BCUT2D eigenvalue weighted by atomic mass is 9.92. The Hall–Kier alpha value is -3.11. The molecule has 1 aliphatic heterocycles. The predicted octanol–water partition coefficient (Wildman–Crippen LogP) is 4.01. The fourth-order valence-corrected chi connectivity index (χ4v) is 3.95. The first-order chi connectivity index (χ1) is 15.1. The highest BCUT2D eigenvalue weighted by molar-refractivity contribution is 6.33. The number of amides is 1. The quantitative estimate of drug-likeness (QED) is 0.588. The summed E-state index contributed by atoms with van der Waals surface area (Å²) in [6.07, 6.45) is -3.17. The number of hydrogen-bond donors (Lipinski definition) is 1. The van der Waals surface area contributed by atoms with Crippen LogP contribution >= 0.6 is 11.6 Å². The number of nitrogens with two attached hydrogens (primary N) is 1. The average Bonchev–Trinajstić information content (AvgIpc) is 2.72. The number of carbonyl (C=O) groups is 1. The van der Waals surface area contributed by atoms with Gasteiger partial charge in [0.1, 0.15) is 11.5 Å². The third kappa shape index (κ3) is 4.42. The van der Waals surface area contributed by atoms with E-state index in [1.165, 1.54) is 24.3 Å². The van der Waals surface area contributed by atoms with Crippen LogP contribution in [0.15, 0.2) is 36.5 Å². The number of aromatic nitrogens is 3. The van der Waals surface area contributed by atoms with E-state index < -0.39 is 23.7 Å². The topological polar surface area (TPSA) is 85.0 Å². The van der Waals surface area contributed by atoms with Crippen molar-refractivity contribution in [1.29, 1.82) is 0 Å². The van der Waals surface area contributed by atoms with E-state index >= 15 is 0 Å². The highest BCUT2D eigenvalue weighted by Crippen LogP contribution is 2.36. The van der Waals surface area contributed by atoms with Crippen LogP contribution in [-0.2, 0) is 25.7 Å². The first kappa shape index (κ1) is 22.1. The van der Waals surface area contributed by atoms with Crippen molar-refractivity contribution in [2.75, 3.05) is 6.54 Å². The number of primary amides is 1. The Bertz CT molecular complexity index is 1180. The Morgan fingerprint density at radius 3 is 2.69 bits per heavy atom. The second-order valence-electron chi connectivity index (χ2n) is 7.27. The van der Waals surface area contributed by atoms with Gasteiger partial charge in [0.05, 0.1) is 16.4 Å². The van der Waals surface area contributed by atoms with Crippen molar-refractivity contribution in [3.05, 3.63) is 75.8 Å². The van der Waals surface area contributed by atoms with Gasteiger partial charge in [-0.05, 0) is 41.8 Å². The minimum atomic E-state index is -4.64. The molecule has 4 rings (SSSR count). The molecule has 166 valence electrons. The third-order valence-corrected chi connectivity index (χ3v) is 5.41. The molecule has 1 aliphatic rings. The minimum absolute atomic E-state index is 0.0543. The van der Waals surface area contributed by atoms with Gasteiger partial charge >= 0.3 is 6.18 Å². The van der Waals surface area contributed by atoms with Gasteiger partial charge in [0, 0.05) is 31.4 Å². The second kappa shape index (κ2) is 8.44. The molecule has 0 spiro atoms. The van der Waals surface area contributed by atoms with Gasteiger partial charge in [0.2, 0.25) is 5.82 Å². The molecule has 1 amide bonds. The Kier molecular flexibility index (Phi) is 5.83. The van der Waals surface area contributed by atoms with Gasteiger partial charge in [-0.25, -0.2) is 19.3 Å². The van der Waals surface area contributed by atoms with Crippen molar-refractivity contribution in [3.8, 4) is 11.1 Å². The maximum absolute atomic E-state index is 14.6. The SMILES string of the molecule is NC(=O)c1cc(-c2c(F)cccc2Cl)c2c(n1)CN(Cc1ccnc(C(F)(F)F)n1)CC2. The molecule has 3 heterocycles. The van der Waals surface area contributed by atoms with Crippen LogP contribution in [-0.4, -0.2) is 32.3 Å². The van der Waals surface area contributed by atoms with Crippen molar-refractivity contribution < 1.29 is 22.4 Å². The molecule has 1 aromatic carbocycles. The zero-order valence-electron chi connectivity index (χ0n) is 16.5. The molecule has 3 aromatic rings. The van der Waals surface area contributed by atoms with Gasteiger partial charge in [-0.2, -0.15) is 13.2 Å². The number of carbonyl (C=O) groups excluding carboxylic acids is 1. The van der Waals surface area contributed by atoms with E-state index in [2.05, 4.69) is 15.0 Å². The summed E-state index contributed by atoms with van der Waals surface area (Å²) in [7, 11) is 0. The van der Waals surface area contributed by atoms with Crippen molar-refractivity contribution in [1.82, 2.24) is 19.9 Å². The summed E-state index contributed by atoms with van der Waals surface area (Å²) in [5.41, 5.74) is 7.32. The number of rotatable bonds is 4. The summed E-state index contributed by atoms with van der Waals surface area (Å²) in [4.78, 5) is 24.8. The van der Waals surface area contributed by atoms with Crippen LogP contribution in [0.3, 0.4) is 0 Å². The van der Waals surface area contributed by atoms with Gasteiger partial charge in [-0.1, -0.05) is 17.7 Å². The maximum atomic E-state index is 14.6. The number of halogens is 5. The highest BCUT2D eigenvalue weighted by atomic mass is 35.5. The summed E-state index contributed by atoms with van der Waals surface area (Å²) in [6, 6.07) is 7.10. The summed E-state index contributed by atoms with van der Waals surface area (Å²) in [5.74, 6) is -2.55. The largest absolute Gasteiger partial charge is 0.451 e. The molecule has 2 aromatic heterocycles. The lowest BCUT2D eigenvalue weighted by Gasteiger charge is -2.29. The first-order valence-corrected chi connectivity index (χ1v) is 9.89. The molecule has 0 saturated heterocycles. The van der Waals surface area contributed by atoms with Crippen molar-refractivity contribution in [2.45, 2.75) is 25.7 Å². The van der Waals surface area contributed by atoms with E-state index in [-0.39, 0.29) is 35.1 Å². The van der Waals surface area contributed by atoms with E-state index in [4.69, 9.17) is 17.3 Å². The summed E-state index contributed by atoms with van der Waals surface area (Å²) >= 11 is 6.23. The smallest absolute Gasteiger partial charge is 0.364 e. The number of pyridine rings is 1. The number of nitrogens with zero attached hydrogens (tertiary/aromatic N) is 4. The first-order valence-electron chi connectivity index (χ1n) is 9.52. The van der Waals surface area contributed by atoms with Crippen LogP contribution in [0.25, 0.3) is 11.1 Å². The lowest BCUT2D eigenvalue weighted by Crippen LogP contribution is -2.32. The summed E-state index contributed by atoms with van der Waals surface area (Å²) in [6.45, 7) is 0.777. The molecule has 0 aliphatic carbocycles. The molecule has 0 radical (unpaired) electrons. The van der Waals surface area contributed by atoms with Crippen LogP contribution in [0.5, 0.6) is 0 Å². The van der Waals surface area contributed by atoms with Crippen LogP contribution < -0.4 is 5.73 Å². The molecule has 0 atom stereocenters. The molecule has 0 unspecified atom stereocenters. The average molecular weight is 466 g/mol. The van der Waals surface area contributed by atoms with E-state index in [1.54, 1.807) is 6.07 Å². The number of fused-ring (bicyclic) bond motifs is 1. The van der Waals surface area contributed by atoms with Crippen molar-refractivity contribution in [3.63, 3.8) is 0 Å². The second-order valence-corrected chi connectivity index (χ2v) is 7.68. The van der Waals surface area contributed by atoms with Gasteiger partial charge in [0.25, 0.3) is 5.91 Å². The van der Waals surface area contributed by atoms with Crippen molar-refractivity contribution >= 4 is 17.5 Å². The normalized spacial score (nSPS) is 14.3. The highest BCUT2D eigenvalue weighted by Gasteiger charge is 2.35. The van der Waals surface area contributed by atoms with E-state index in [9.17, 15) is 22.4 Å². The molecular formula is C21H16ClF4N5O. The Balaban J connectivity index is 1.69. The lowest BCUT2D eigenvalue weighted by molar-refractivity contribution is -0.145.